The summed E-state index contributed by atoms with van der Waals surface area (Å²) in [5, 5.41) is 12.1. The van der Waals surface area contributed by atoms with Gasteiger partial charge in [-0.1, -0.05) is 19.3 Å². The largest absolute Gasteiger partial charge is 0.480 e. The molecule has 0 atom stereocenters. The zero-order valence-electron chi connectivity index (χ0n) is 11.4. The second-order valence-electron chi connectivity index (χ2n) is 5.04. The molecule has 0 unspecified atom stereocenters. The lowest BCUT2D eigenvalue weighted by Crippen LogP contribution is -2.50. The van der Waals surface area contributed by atoms with Crippen LogP contribution in [-0.4, -0.2) is 48.1 Å². The molecule has 106 valence electrons. The molecule has 0 aromatic rings. The molecule has 1 aliphatic rings. The molecule has 0 bridgehead atoms. The van der Waals surface area contributed by atoms with Gasteiger partial charge in [0.25, 0.3) is 0 Å². The first-order valence-electron chi connectivity index (χ1n) is 6.71. The molecule has 1 amide bonds. The van der Waals surface area contributed by atoms with Gasteiger partial charge in [0.1, 0.15) is 6.54 Å². The number of carboxylic acids is 1. The Hall–Kier alpha value is -1.54. The van der Waals surface area contributed by atoms with Crippen molar-refractivity contribution in [3.05, 3.63) is 0 Å². The molecule has 1 saturated heterocycles. The SMILES string of the molecule is C#CCN(CC(=O)O)C(=O)C1(CCC)CCNCC1. The van der Waals surface area contributed by atoms with Crippen molar-refractivity contribution in [3.8, 4) is 12.3 Å². The average Bonchev–Trinajstić information content (AvgIpc) is 2.38. The molecule has 19 heavy (non-hydrogen) atoms. The first kappa shape index (κ1) is 15.5. The van der Waals surface area contributed by atoms with Crippen LogP contribution in [0.15, 0.2) is 0 Å². The van der Waals surface area contributed by atoms with E-state index in [1.54, 1.807) is 0 Å². The van der Waals surface area contributed by atoms with Crippen LogP contribution >= 0.6 is 0 Å². The maximum atomic E-state index is 12.7. The molecule has 0 spiro atoms. The lowest BCUT2D eigenvalue weighted by Gasteiger charge is -2.39. The Labute approximate surface area is 114 Å². The van der Waals surface area contributed by atoms with E-state index in [0.29, 0.717) is 0 Å². The Morgan fingerprint density at radius 1 is 1.42 bits per heavy atom. The zero-order chi connectivity index (χ0) is 14.3. The predicted octanol–water partition coefficient (Wildman–Crippen LogP) is 0.703. The summed E-state index contributed by atoms with van der Waals surface area (Å²) in [4.78, 5) is 24.8. The highest BCUT2D eigenvalue weighted by Crippen LogP contribution is 2.36. The molecular weight excluding hydrogens is 244 g/mol. The third-order valence-corrected chi connectivity index (χ3v) is 3.64. The first-order chi connectivity index (χ1) is 9.05. The van der Waals surface area contributed by atoms with Gasteiger partial charge in [-0.05, 0) is 32.4 Å². The number of nitrogens with one attached hydrogen (secondary N) is 1. The van der Waals surface area contributed by atoms with Gasteiger partial charge in [0.05, 0.1) is 12.0 Å². The van der Waals surface area contributed by atoms with E-state index in [2.05, 4.69) is 11.2 Å². The number of rotatable bonds is 6. The minimum absolute atomic E-state index is 0.0595. The molecule has 1 fully saturated rings. The van der Waals surface area contributed by atoms with Gasteiger partial charge >= 0.3 is 5.97 Å². The fourth-order valence-corrected chi connectivity index (χ4v) is 2.76. The lowest BCUT2D eigenvalue weighted by atomic mass is 9.74. The fourth-order valence-electron chi connectivity index (χ4n) is 2.76. The first-order valence-corrected chi connectivity index (χ1v) is 6.71. The fraction of sp³-hybridized carbons (Fsp3) is 0.714. The maximum Gasteiger partial charge on any atom is 0.323 e. The van der Waals surface area contributed by atoms with Crippen molar-refractivity contribution in [2.24, 2.45) is 5.41 Å². The van der Waals surface area contributed by atoms with E-state index < -0.39 is 11.4 Å². The van der Waals surface area contributed by atoms with Gasteiger partial charge in [0.2, 0.25) is 5.91 Å². The predicted molar refractivity (Wildman–Crippen MR) is 72.5 cm³/mol. The second-order valence-corrected chi connectivity index (χ2v) is 5.04. The molecule has 0 aromatic heterocycles. The Balaban J connectivity index is 2.89. The number of carbonyl (C=O) groups is 2. The Morgan fingerprint density at radius 2 is 2.05 bits per heavy atom. The molecule has 1 aliphatic heterocycles. The van der Waals surface area contributed by atoms with Crippen LogP contribution in [-0.2, 0) is 9.59 Å². The van der Waals surface area contributed by atoms with Gasteiger partial charge in [0, 0.05) is 0 Å². The van der Waals surface area contributed by atoms with Crippen LogP contribution in [0.1, 0.15) is 32.6 Å². The molecule has 5 nitrogen and oxygen atoms in total. The molecular formula is C14H22N2O3. The van der Waals surface area contributed by atoms with Crippen molar-refractivity contribution in [2.45, 2.75) is 32.6 Å². The summed E-state index contributed by atoms with van der Waals surface area (Å²) in [7, 11) is 0. The molecule has 0 radical (unpaired) electrons. The van der Waals surface area contributed by atoms with Gasteiger partial charge < -0.3 is 15.3 Å². The highest BCUT2D eigenvalue weighted by molar-refractivity contribution is 5.86. The van der Waals surface area contributed by atoms with Gasteiger partial charge in [-0.15, -0.1) is 6.42 Å². The molecule has 0 aromatic carbocycles. The number of nitrogens with zero attached hydrogens (tertiary/aromatic N) is 1. The van der Waals surface area contributed by atoms with Crippen LogP contribution in [0.5, 0.6) is 0 Å². The number of carboxylic acid groups (broad SMARTS) is 1. The molecule has 1 heterocycles. The van der Waals surface area contributed by atoms with Crippen LogP contribution in [0, 0.1) is 17.8 Å². The number of hydrogen-bond acceptors (Lipinski definition) is 3. The van der Waals surface area contributed by atoms with E-state index in [0.717, 1.165) is 38.8 Å². The summed E-state index contributed by atoms with van der Waals surface area (Å²) in [5.74, 6) is 1.25. The monoisotopic (exact) mass is 266 g/mol. The van der Waals surface area contributed by atoms with Crippen molar-refractivity contribution in [2.75, 3.05) is 26.2 Å². The van der Waals surface area contributed by atoms with E-state index in [1.165, 1.54) is 4.90 Å². The van der Waals surface area contributed by atoms with Crippen molar-refractivity contribution in [3.63, 3.8) is 0 Å². The Kier molecular flexibility index (Phi) is 5.84. The van der Waals surface area contributed by atoms with Crippen molar-refractivity contribution in [1.82, 2.24) is 10.2 Å². The van der Waals surface area contributed by atoms with Gasteiger partial charge in [-0.3, -0.25) is 9.59 Å². The summed E-state index contributed by atoms with van der Waals surface area (Å²) in [5.41, 5.74) is -0.438. The van der Waals surface area contributed by atoms with E-state index in [-0.39, 0.29) is 19.0 Å². The van der Waals surface area contributed by atoms with E-state index in [4.69, 9.17) is 11.5 Å². The van der Waals surface area contributed by atoms with Gasteiger partial charge in [0.15, 0.2) is 0 Å². The van der Waals surface area contributed by atoms with Crippen LogP contribution in [0.4, 0.5) is 0 Å². The van der Waals surface area contributed by atoms with Crippen LogP contribution in [0.25, 0.3) is 0 Å². The summed E-state index contributed by atoms with van der Waals surface area (Å²) in [6.07, 6.45) is 8.43. The smallest absolute Gasteiger partial charge is 0.323 e. The summed E-state index contributed by atoms with van der Waals surface area (Å²) in [6.45, 7) is 3.37. The minimum Gasteiger partial charge on any atom is -0.480 e. The number of aliphatic carboxylic acids is 1. The number of piperidine rings is 1. The standard InChI is InChI=1S/C14H22N2O3/c1-3-5-14(6-8-15-9-7-14)13(19)16(10-4-2)11-12(17)18/h2,15H,3,5-11H2,1H3,(H,17,18). The number of carbonyl (C=O) groups excluding carboxylic acids is 1. The molecule has 2 N–H and O–H groups in total. The van der Waals surface area contributed by atoms with Gasteiger partial charge in [-0.25, -0.2) is 0 Å². The highest BCUT2D eigenvalue weighted by atomic mass is 16.4. The molecule has 5 heteroatoms. The quantitative estimate of drug-likeness (QED) is 0.694. The van der Waals surface area contributed by atoms with Crippen molar-refractivity contribution >= 4 is 11.9 Å². The Bertz CT molecular complexity index is 362. The second kappa shape index (κ2) is 7.15. The molecule has 0 saturated carbocycles. The third kappa shape index (κ3) is 3.97. The Morgan fingerprint density at radius 3 is 2.53 bits per heavy atom. The van der Waals surface area contributed by atoms with Crippen LogP contribution in [0.3, 0.4) is 0 Å². The molecule has 1 rings (SSSR count). The van der Waals surface area contributed by atoms with Crippen molar-refractivity contribution in [1.29, 1.82) is 0 Å². The zero-order valence-corrected chi connectivity index (χ0v) is 11.4. The topological polar surface area (TPSA) is 69.6 Å². The van der Waals surface area contributed by atoms with Crippen molar-refractivity contribution < 1.29 is 14.7 Å². The number of hydrogen-bond donors (Lipinski definition) is 2. The third-order valence-electron chi connectivity index (χ3n) is 3.64. The van der Waals surface area contributed by atoms with E-state index in [1.807, 2.05) is 6.92 Å². The summed E-state index contributed by atoms with van der Waals surface area (Å²) >= 11 is 0. The number of amides is 1. The van der Waals surface area contributed by atoms with E-state index in [9.17, 15) is 9.59 Å². The summed E-state index contributed by atoms with van der Waals surface area (Å²) < 4.78 is 0. The lowest BCUT2D eigenvalue weighted by molar-refractivity contribution is -0.150. The average molecular weight is 266 g/mol. The normalized spacial score (nSPS) is 17.5. The molecule has 0 aliphatic carbocycles. The van der Waals surface area contributed by atoms with Crippen LogP contribution in [0.2, 0.25) is 0 Å². The summed E-state index contributed by atoms with van der Waals surface area (Å²) in [6, 6.07) is 0. The number of terminal acetylenes is 1. The highest BCUT2D eigenvalue weighted by Gasteiger charge is 2.41. The minimum atomic E-state index is -1.02. The maximum absolute atomic E-state index is 12.7. The van der Waals surface area contributed by atoms with E-state index >= 15 is 0 Å². The van der Waals surface area contributed by atoms with Gasteiger partial charge in [-0.2, -0.15) is 0 Å². The van der Waals surface area contributed by atoms with Crippen LogP contribution < -0.4 is 5.32 Å².